The van der Waals surface area contributed by atoms with Gasteiger partial charge >= 0.3 is 0 Å². The summed E-state index contributed by atoms with van der Waals surface area (Å²) in [5.74, 6) is -0.331. The lowest BCUT2D eigenvalue weighted by molar-refractivity contribution is -0.0433. The summed E-state index contributed by atoms with van der Waals surface area (Å²) >= 11 is 1.62. The molecule has 7 heteroatoms. The number of nitrogens with zero attached hydrogens (tertiary/aromatic N) is 3. The van der Waals surface area contributed by atoms with Gasteiger partial charge in [0.1, 0.15) is 5.82 Å². The van der Waals surface area contributed by atoms with Crippen LogP contribution in [0.25, 0.3) is 0 Å². The molecule has 1 aromatic heterocycles. The molecule has 1 heterocycles. The summed E-state index contributed by atoms with van der Waals surface area (Å²) in [6.45, 7) is 0.680. The van der Waals surface area contributed by atoms with Crippen molar-refractivity contribution in [2.45, 2.75) is 43.3 Å². The number of halogens is 2. The summed E-state index contributed by atoms with van der Waals surface area (Å²) in [5, 5.41) is 12.1. The third-order valence-corrected chi connectivity index (χ3v) is 4.80. The van der Waals surface area contributed by atoms with Gasteiger partial charge in [-0.15, -0.1) is 10.2 Å². The predicted molar refractivity (Wildman–Crippen MR) is 71.4 cm³/mol. The molecule has 19 heavy (non-hydrogen) atoms. The quantitative estimate of drug-likeness (QED) is 0.846. The van der Waals surface area contributed by atoms with Crippen LogP contribution < -0.4 is 5.32 Å². The highest BCUT2D eigenvalue weighted by Gasteiger charge is 2.34. The summed E-state index contributed by atoms with van der Waals surface area (Å²) in [6, 6.07) is 0. The first kappa shape index (κ1) is 14.7. The molecule has 2 rings (SSSR count). The van der Waals surface area contributed by atoms with Crippen LogP contribution in [0, 0.1) is 5.92 Å². The van der Waals surface area contributed by atoms with Crippen LogP contribution in [0.15, 0.2) is 5.16 Å². The highest BCUT2D eigenvalue weighted by molar-refractivity contribution is 7.99. The van der Waals surface area contributed by atoms with Gasteiger partial charge in [0, 0.05) is 25.6 Å². The van der Waals surface area contributed by atoms with Crippen molar-refractivity contribution in [1.82, 2.24) is 20.1 Å². The molecule has 4 nitrogen and oxygen atoms in total. The molecule has 1 N–H and O–H groups in total. The molecule has 0 bridgehead atoms. The lowest BCUT2D eigenvalue weighted by Gasteiger charge is -2.27. The van der Waals surface area contributed by atoms with Crippen molar-refractivity contribution in [2.24, 2.45) is 13.0 Å². The van der Waals surface area contributed by atoms with E-state index in [1.165, 1.54) is 0 Å². The van der Waals surface area contributed by atoms with Crippen LogP contribution in [0.3, 0.4) is 0 Å². The molecule has 1 fully saturated rings. The third-order valence-electron chi connectivity index (χ3n) is 3.54. The molecule has 0 saturated heterocycles. The van der Waals surface area contributed by atoms with Crippen molar-refractivity contribution >= 4 is 11.8 Å². The van der Waals surface area contributed by atoms with E-state index in [-0.39, 0.29) is 12.8 Å². The number of nitrogens with one attached hydrogen (secondary N) is 1. The van der Waals surface area contributed by atoms with Crippen LogP contribution in [0.4, 0.5) is 8.78 Å². The average molecular weight is 290 g/mol. The van der Waals surface area contributed by atoms with Gasteiger partial charge in [-0.05, 0) is 25.8 Å². The molecule has 1 aliphatic rings. The predicted octanol–water partition coefficient (Wildman–Crippen LogP) is 2.45. The molecule has 0 aromatic carbocycles. The minimum atomic E-state index is -2.44. The number of rotatable bonds is 5. The summed E-state index contributed by atoms with van der Waals surface area (Å²) in [7, 11) is 3.80. The minimum Gasteiger partial charge on any atom is -0.313 e. The zero-order valence-corrected chi connectivity index (χ0v) is 12.1. The van der Waals surface area contributed by atoms with Crippen LogP contribution in [-0.2, 0) is 13.6 Å². The van der Waals surface area contributed by atoms with E-state index in [0.717, 1.165) is 16.7 Å². The summed E-state index contributed by atoms with van der Waals surface area (Å²) in [5.41, 5.74) is 0. The molecule has 1 saturated carbocycles. The van der Waals surface area contributed by atoms with Gasteiger partial charge in [0.05, 0.1) is 6.54 Å². The Hall–Kier alpha value is -0.690. The molecule has 0 amide bonds. The second kappa shape index (κ2) is 6.17. The van der Waals surface area contributed by atoms with Gasteiger partial charge in [0.2, 0.25) is 5.92 Å². The Morgan fingerprint density at radius 2 is 2.05 bits per heavy atom. The molecule has 0 spiro atoms. The van der Waals surface area contributed by atoms with Crippen molar-refractivity contribution in [2.75, 3.05) is 12.8 Å². The first-order valence-corrected chi connectivity index (χ1v) is 7.54. The fraction of sp³-hybridized carbons (Fsp3) is 0.833. The van der Waals surface area contributed by atoms with Crippen molar-refractivity contribution < 1.29 is 8.78 Å². The Bertz CT molecular complexity index is 412. The Balaban J connectivity index is 1.83. The summed E-state index contributed by atoms with van der Waals surface area (Å²) in [4.78, 5) is 0. The fourth-order valence-corrected chi connectivity index (χ4v) is 3.36. The van der Waals surface area contributed by atoms with Crippen molar-refractivity contribution in [1.29, 1.82) is 0 Å². The number of aromatic nitrogens is 3. The molecular weight excluding hydrogens is 270 g/mol. The molecule has 0 unspecified atom stereocenters. The first-order valence-electron chi connectivity index (χ1n) is 6.55. The van der Waals surface area contributed by atoms with Gasteiger partial charge in [-0.2, -0.15) is 0 Å². The Kier molecular flexibility index (Phi) is 4.78. The highest BCUT2D eigenvalue weighted by atomic mass is 32.2. The first-order chi connectivity index (χ1) is 9.02. The largest absolute Gasteiger partial charge is 0.313 e. The van der Waals surface area contributed by atoms with Crippen molar-refractivity contribution in [3.8, 4) is 0 Å². The zero-order valence-electron chi connectivity index (χ0n) is 11.3. The van der Waals surface area contributed by atoms with E-state index >= 15 is 0 Å². The SMILES string of the molecule is CNCc1nnc(SCC2CCC(F)(F)CC2)n1C. The van der Waals surface area contributed by atoms with E-state index in [4.69, 9.17) is 0 Å². The summed E-state index contributed by atoms with van der Waals surface area (Å²) < 4.78 is 28.1. The number of hydrogen-bond donors (Lipinski definition) is 1. The molecule has 0 aliphatic heterocycles. The zero-order chi connectivity index (χ0) is 13.9. The van der Waals surface area contributed by atoms with Gasteiger partial charge in [-0.3, -0.25) is 0 Å². The standard InChI is InChI=1S/C12H20F2N4S/c1-15-7-10-16-17-11(18(10)2)19-8-9-3-5-12(13,14)6-4-9/h9,15H,3-8H2,1-2H3. The molecule has 108 valence electrons. The van der Waals surface area contributed by atoms with Gasteiger partial charge in [0.25, 0.3) is 0 Å². The maximum atomic E-state index is 13.1. The molecule has 1 aromatic rings. The third kappa shape index (κ3) is 3.89. The maximum Gasteiger partial charge on any atom is 0.248 e. The van der Waals surface area contributed by atoms with Crippen molar-refractivity contribution in [3.05, 3.63) is 5.82 Å². The topological polar surface area (TPSA) is 42.7 Å². The Morgan fingerprint density at radius 1 is 1.37 bits per heavy atom. The molecule has 0 radical (unpaired) electrons. The van der Waals surface area contributed by atoms with Gasteiger partial charge in [0.15, 0.2) is 5.16 Å². The lowest BCUT2D eigenvalue weighted by atomic mass is 9.88. The normalized spacial score (nSPS) is 19.8. The smallest absolute Gasteiger partial charge is 0.248 e. The van der Waals surface area contributed by atoms with Crippen LogP contribution >= 0.6 is 11.8 Å². The monoisotopic (exact) mass is 290 g/mol. The maximum absolute atomic E-state index is 13.1. The van der Waals surface area contributed by atoms with Gasteiger partial charge in [-0.25, -0.2) is 8.78 Å². The fourth-order valence-electron chi connectivity index (χ4n) is 2.24. The van der Waals surface area contributed by atoms with E-state index in [1.54, 1.807) is 11.8 Å². The van der Waals surface area contributed by atoms with Crippen LogP contribution in [0.2, 0.25) is 0 Å². The molecular formula is C12H20F2N4S. The van der Waals surface area contributed by atoms with E-state index < -0.39 is 5.92 Å². The molecule has 0 atom stereocenters. The second-order valence-electron chi connectivity index (χ2n) is 5.10. The second-order valence-corrected chi connectivity index (χ2v) is 6.09. The minimum absolute atomic E-state index is 0.0298. The van der Waals surface area contributed by atoms with E-state index in [0.29, 0.717) is 25.3 Å². The Morgan fingerprint density at radius 3 is 2.68 bits per heavy atom. The number of alkyl halides is 2. The van der Waals surface area contributed by atoms with Crippen LogP contribution in [0.1, 0.15) is 31.5 Å². The van der Waals surface area contributed by atoms with E-state index in [2.05, 4.69) is 15.5 Å². The van der Waals surface area contributed by atoms with Crippen molar-refractivity contribution in [3.63, 3.8) is 0 Å². The number of thioether (sulfide) groups is 1. The Labute approximate surface area is 116 Å². The highest BCUT2D eigenvalue weighted by Crippen LogP contribution is 2.38. The van der Waals surface area contributed by atoms with Crippen LogP contribution in [0.5, 0.6) is 0 Å². The average Bonchev–Trinajstić information content (AvgIpc) is 2.70. The van der Waals surface area contributed by atoms with E-state index in [1.807, 2.05) is 18.7 Å². The van der Waals surface area contributed by atoms with E-state index in [9.17, 15) is 8.78 Å². The van der Waals surface area contributed by atoms with Gasteiger partial charge < -0.3 is 9.88 Å². The van der Waals surface area contributed by atoms with Gasteiger partial charge in [-0.1, -0.05) is 11.8 Å². The molecule has 1 aliphatic carbocycles. The van der Waals surface area contributed by atoms with Crippen LogP contribution in [-0.4, -0.2) is 33.5 Å². The lowest BCUT2D eigenvalue weighted by Crippen LogP contribution is -2.25. The summed E-state index contributed by atoms with van der Waals surface area (Å²) in [6.07, 6.45) is 1.28. The number of hydrogen-bond acceptors (Lipinski definition) is 4.